The van der Waals surface area contributed by atoms with Gasteiger partial charge in [0, 0.05) is 44.5 Å². The third kappa shape index (κ3) is 6.95. The number of hydrogen-bond acceptors (Lipinski definition) is 3. The molecule has 1 aromatic rings. The smallest absolute Gasteiger partial charge is 0.191 e. The van der Waals surface area contributed by atoms with Crippen LogP contribution in [0.3, 0.4) is 0 Å². The standard InChI is InChI=1S/C22H35N5.HI/c1-3-13-26-16-11-20(12-17-26)25-22(23-4-2)24-18-19-7-9-21(10-8-19)27-14-5-6-15-27;/h5-10,20H,3-4,11-18H2,1-2H3,(H2,23,24,25);1H. The van der Waals surface area contributed by atoms with E-state index in [0.717, 1.165) is 25.6 Å². The number of anilines is 1. The van der Waals surface area contributed by atoms with Crippen molar-refractivity contribution in [1.82, 2.24) is 15.5 Å². The molecule has 5 nitrogen and oxygen atoms in total. The van der Waals surface area contributed by atoms with E-state index in [9.17, 15) is 0 Å². The van der Waals surface area contributed by atoms with Crippen molar-refractivity contribution in [2.75, 3.05) is 44.2 Å². The Balaban J connectivity index is 0.00000280. The number of nitrogens with one attached hydrogen (secondary N) is 2. The minimum Gasteiger partial charge on any atom is -0.364 e. The molecule has 0 spiro atoms. The minimum absolute atomic E-state index is 0. The lowest BCUT2D eigenvalue weighted by molar-refractivity contribution is 0.206. The highest BCUT2D eigenvalue weighted by Gasteiger charge is 2.19. The Morgan fingerprint density at radius 1 is 1.07 bits per heavy atom. The molecule has 2 aliphatic heterocycles. The summed E-state index contributed by atoms with van der Waals surface area (Å²) in [4.78, 5) is 9.75. The Kier molecular flexibility index (Phi) is 10.1. The number of hydrogen-bond donors (Lipinski definition) is 2. The van der Waals surface area contributed by atoms with Crippen LogP contribution in [0.2, 0.25) is 0 Å². The third-order valence-corrected chi connectivity index (χ3v) is 5.35. The van der Waals surface area contributed by atoms with Gasteiger partial charge in [-0.05, 0) is 50.4 Å². The molecule has 0 amide bonds. The van der Waals surface area contributed by atoms with Crippen LogP contribution in [0.4, 0.5) is 5.69 Å². The fraction of sp³-hybridized carbons (Fsp3) is 0.591. The van der Waals surface area contributed by atoms with E-state index in [1.54, 1.807) is 0 Å². The Morgan fingerprint density at radius 2 is 1.75 bits per heavy atom. The maximum atomic E-state index is 4.82. The van der Waals surface area contributed by atoms with E-state index >= 15 is 0 Å². The van der Waals surface area contributed by atoms with Crippen molar-refractivity contribution in [1.29, 1.82) is 0 Å². The second-order valence-corrected chi connectivity index (χ2v) is 7.50. The molecule has 1 saturated heterocycles. The fourth-order valence-electron chi connectivity index (χ4n) is 3.80. The Labute approximate surface area is 187 Å². The molecule has 0 saturated carbocycles. The summed E-state index contributed by atoms with van der Waals surface area (Å²) in [6.45, 7) is 11.6. The van der Waals surface area contributed by atoms with Crippen molar-refractivity contribution in [3.63, 3.8) is 0 Å². The summed E-state index contributed by atoms with van der Waals surface area (Å²) in [5, 5.41) is 7.04. The molecule has 0 bridgehead atoms. The molecule has 0 atom stereocenters. The normalized spacial score (nSPS) is 18.2. The molecule has 6 heteroatoms. The van der Waals surface area contributed by atoms with Crippen molar-refractivity contribution < 1.29 is 0 Å². The molecule has 2 N–H and O–H groups in total. The first-order valence-corrected chi connectivity index (χ1v) is 10.5. The Hall–Kier alpha value is -1.28. The highest BCUT2D eigenvalue weighted by atomic mass is 127. The van der Waals surface area contributed by atoms with Gasteiger partial charge in [0.25, 0.3) is 0 Å². The third-order valence-electron chi connectivity index (χ3n) is 5.35. The summed E-state index contributed by atoms with van der Waals surface area (Å²) in [6.07, 6.45) is 8.08. The molecular formula is C22H36IN5. The van der Waals surface area contributed by atoms with Crippen molar-refractivity contribution in [3.05, 3.63) is 42.0 Å². The summed E-state index contributed by atoms with van der Waals surface area (Å²) in [7, 11) is 0. The highest BCUT2D eigenvalue weighted by Crippen LogP contribution is 2.18. The van der Waals surface area contributed by atoms with Gasteiger partial charge in [-0.2, -0.15) is 0 Å². The molecule has 0 radical (unpaired) electrons. The predicted octanol–water partition coefficient (Wildman–Crippen LogP) is 3.61. The largest absolute Gasteiger partial charge is 0.364 e. The van der Waals surface area contributed by atoms with E-state index in [1.807, 2.05) is 0 Å². The average Bonchev–Trinajstić information content (AvgIpc) is 3.23. The monoisotopic (exact) mass is 497 g/mol. The summed E-state index contributed by atoms with van der Waals surface area (Å²) in [5.41, 5.74) is 2.54. The zero-order valence-electron chi connectivity index (χ0n) is 17.4. The molecule has 1 aromatic carbocycles. The van der Waals surface area contributed by atoms with E-state index < -0.39 is 0 Å². The highest BCUT2D eigenvalue weighted by molar-refractivity contribution is 14.0. The summed E-state index contributed by atoms with van der Waals surface area (Å²) < 4.78 is 0. The van der Waals surface area contributed by atoms with E-state index in [0.29, 0.717) is 12.6 Å². The lowest BCUT2D eigenvalue weighted by atomic mass is 10.1. The van der Waals surface area contributed by atoms with Gasteiger partial charge < -0.3 is 20.4 Å². The molecule has 1 fully saturated rings. The molecule has 0 aliphatic carbocycles. The van der Waals surface area contributed by atoms with Gasteiger partial charge in [-0.3, -0.25) is 0 Å². The van der Waals surface area contributed by atoms with Gasteiger partial charge in [0.05, 0.1) is 6.54 Å². The molecule has 3 rings (SSSR count). The van der Waals surface area contributed by atoms with Crippen LogP contribution in [0.5, 0.6) is 0 Å². The lowest BCUT2D eigenvalue weighted by Crippen LogP contribution is -2.48. The minimum atomic E-state index is 0. The van der Waals surface area contributed by atoms with Crippen LogP contribution >= 0.6 is 24.0 Å². The summed E-state index contributed by atoms with van der Waals surface area (Å²) in [5.74, 6) is 0.944. The number of nitrogens with zero attached hydrogens (tertiary/aromatic N) is 3. The number of likely N-dealkylation sites (tertiary alicyclic amines) is 1. The molecule has 156 valence electrons. The number of rotatable bonds is 7. The molecular weight excluding hydrogens is 461 g/mol. The van der Waals surface area contributed by atoms with Crippen LogP contribution in [-0.2, 0) is 6.54 Å². The fourth-order valence-corrected chi connectivity index (χ4v) is 3.80. The predicted molar refractivity (Wildman–Crippen MR) is 131 cm³/mol. The number of benzene rings is 1. The van der Waals surface area contributed by atoms with Crippen LogP contribution in [-0.4, -0.2) is 56.2 Å². The summed E-state index contributed by atoms with van der Waals surface area (Å²) in [6, 6.07) is 9.35. The maximum Gasteiger partial charge on any atom is 0.191 e. The number of piperidine rings is 1. The van der Waals surface area contributed by atoms with E-state index in [-0.39, 0.29) is 24.0 Å². The number of guanidine groups is 1. The van der Waals surface area contributed by atoms with Crippen molar-refractivity contribution >= 4 is 35.6 Å². The molecule has 28 heavy (non-hydrogen) atoms. The van der Waals surface area contributed by atoms with E-state index in [2.05, 4.69) is 70.7 Å². The molecule has 2 aliphatic rings. The topological polar surface area (TPSA) is 42.9 Å². The van der Waals surface area contributed by atoms with Crippen molar-refractivity contribution in [3.8, 4) is 0 Å². The van der Waals surface area contributed by atoms with Gasteiger partial charge in [0.15, 0.2) is 5.96 Å². The quantitative estimate of drug-likeness (QED) is 0.262. The van der Waals surface area contributed by atoms with Crippen LogP contribution < -0.4 is 15.5 Å². The zero-order chi connectivity index (χ0) is 18.9. The number of halogens is 1. The average molecular weight is 497 g/mol. The zero-order valence-corrected chi connectivity index (χ0v) is 19.7. The lowest BCUT2D eigenvalue weighted by Gasteiger charge is -2.32. The van der Waals surface area contributed by atoms with Crippen molar-refractivity contribution in [2.24, 2.45) is 4.99 Å². The Bertz CT molecular complexity index is 612. The van der Waals surface area contributed by atoms with Crippen LogP contribution in [0.25, 0.3) is 0 Å². The van der Waals surface area contributed by atoms with Crippen molar-refractivity contribution in [2.45, 2.75) is 45.7 Å². The van der Waals surface area contributed by atoms with Crippen LogP contribution in [0.1, 0.15) is 38.7 Å². The molecule has 0 aromatic heterocycles. The second-order valence-electron chi connectivity index (χ2n) is 7.50. The van der Waals surface area contributed by atoms with Gasteiger partial charge in [0.1, 0.15) is 0 Å². The van der Waals surface area contributed by atoms with Gasteiger partial charge in [-0.1, -0.05) is 31.2 Å². The SMILES string of the molecule is CCCN1CCC(NC(=NCc2ccc(N3CC=CC3)cc2)NCC)CC1.I. The summed E-state index contributed by atoms with van der Waals surface area (Å²) >= 11 is 0. The van der Waals surface area contributed by atoms with Gasteiger partial charge in [-0.25, -0.2) is 4.99 Å². The molecule has 0 unspecified atom stereocenters. The van der Waals surface area contributed by atoms with Crippen LogP contribution in [0, 0.1) is 0 Å². The first-order chi connectivity index (χ1) is 13.3. The van der Waals surface area contributed by atoms with E-state index in [4.69, 9.17) is 4.99 Å². The first-order valence-electron chi connectivity index (χ1n) is 10.5. The van der Waals surface area contributed by atoms with E-state index in [1.165, 1.54) is 50.1 Å². The number of aliphatic imine (C=N–C) groups is 1. The first kappa shape index (κ1) is 23.0. The molecule has 2 heterocycles. The van der Waals surface area contributed by atoms with Gasteiger partial charge in [-0.15, -0.1) is 24.0 Å². The maximum absolute atomic E-state index is 4.82. The van der Waals surface area contributed by atoms with Crippen LogP contribution in [0.15, 0.2) is 41.4 Å². The second kappa shape index (κ2) is 12.3. The van der Waals surface area contributed by atoms with Gasteiger partial charge >= 0.3 is 0 Å². The Morgan fingerprint density at radius 3 is 2.36 bits per heavy atom. The van der Waals surface area contributed by atoms with Gasteiger partial charge in [0.2, 0.25) is 0 Å².